The number of fused-ring (bicyclic) bond motifs is 1. The molecular formula is C12H10BrF5N4O3. The zero-order chi connectivity index (χ0) is 19.4. The van der Waals surface area contributed by atoms with E-state index >= 15 is 0 Å². The van der Waals surface area contributed by atoms with Crippen LogP contribution in [-0.4, -0.2) is 38.0 Å². The SMILES string of the molecule is NCC(Cn1nc2ccc(Br)cn2c1=O)=C(F)F.O=C(O)C(F)(F)F. The van der Waals surface area contributed by atoms with Crippen LogP contribution in [0.5, 0.6) is 0 Å². The minimum atomic E-state index is -5.08. The van der Waals surface area contributed by atoms with Crippen LogP contribution in [0.15, 0.2) is 39.3 Å². The smallest absolute Gasteiger partial charge is 0.475 e. The van der Waals surface area contributed by atoms with Crippen molar-refractivity contribution in [3.63, 3.8) is 0 Å². The average molecular weight is 433 g/mol. The lowest BCUT2D eigenvalue weighted by atomic mass is 10.3. The summed E-state index contributed by atoms with van der Waals surface area (Å²) in [5, 5.41) is 11.1. The Bertz CT molecular complexity index is 855. The Morgan fingerprint density at radius 1 is 1.32 bits per heavy atom. The van der Waals surface area contributed by atoms with Gasteiger partial charge in [-0.2, -0.15) is 22.0 Å². The minimum absolute atomic E-state index is 0.306. The fourth-order valence-corrected chi connectivity index (χ4v) is 1.81. The molecule has 0 spiro atoms. The van der Waals surface area contributed by atoms with E-state index in [4.69, 9.17) is 15.6 Å². The first kappa shape index (κ1) is 20.8. The molecule has 0 saturated carbocycles. The number of nitrogens with zero attached hydrogens (tertiary/aromatic N) is 3. The molecule has 0 atom stereocenters. The molecule has 0 amide bonds. The van der Waals surface area contributed by atoms with E-state index in [1.54, 1.807) is 12.1 Å². The number of rotatable bonds is 3. The number of nitrogens with two attached hydrogens (primary N) is 1. The quantitative estimate of drug-likeness (QED) is 0.722. The van der Waals surface area contributed by atoms with Gasteiger partial charge in [0.2, 0.25) is 0 Å². The van der Waals surface area contributed by atoms with Gasteiger partial charge in [0.25, 0.3) is 6.08 Å². The van der Waals surface area contributed by atoms with E-state index in [9.17, 15) is 26.7 Å². The molecule has 0 aliphatic rings. The Morgan fingerprint density at radius 3 is 2.32 bits per heavy atom. The molecule has 25 heavy (non-hydrogen) atoms. The third-order valence-electron chi connectivity index (χ3n) is 2.64. The second kappa shape index (κ2) is 8.20. The number of alkyl halides is 3. The molecule has 2 heterocycles. The summed E-state index contributed by atoms with van der Waals surface area (Å²) in [4.78, 5) is 20.8. The summed E-state index contributed by atoms with van der Waals surface area (Å²) in [5.74, 6) is -2.76. The molecule has 0 aromatic carbocycles. The van der Waals surface area contributed by atoms with Crippen molar-refractivity contribution in [2.24, 2.45) is 5.73 Å². The van der Waals surface area contributed by atoms with Gasteiger partial charge in [0.1, 0.15) is 0 Å². The van der Waals surface area contributed by atoms with E-state index in [1.165, 1.54) is 10.6 Å². The molecule has 0 saturated heterocycles. The number of carboxylic acids is 1. The van der Waals surface area contributed by atoms with Gasteiger partial charge in [-0.1, -0.05) is 0 Å². The number of halogens is 6. The second-order valence-corrected chi connectivity index (χ2v) is 5.30. The summed E-state index contributed by atoms with van der Waals surface area (Å²) in [5.41, 5.74) is 4.79. The maximum atomic E-state index is 12.5. The predicted molar refractivity (Wildman–Crippen MR) is 79.1 cm³/mol. The van der Waals surface area contributed by atoms with Crippen LogP contribution in [0.4, 0.5) is 22.0 Å². The Balaban J connectivity index is 0.000000381. The number of pyridine rings is 1. The molecular weight excluding hydrogens is 423 g/mol. The molecule has 13 heteroatoms. The normalized spacial score (nSPS) is 11.0. The number of aliphatic carboxylic acids is 1. The van der Waals surface area contributed by atoms with Crippen LogP contribution in [0.1, 0.15) is 0 Å². The maximum Gasteiger partial charge on any atom is 0.490 e. The van der Waals surface area contributed by atoms with Crippen molar-refractivity contribution in [1.29, 1.82) is 0 Å². The molecule has 0 bridgehead atoms. The Labute approximate surface area is 144 Å². The third-order valence-corrected chi connectivity index (χ3v) is 3.11. The molecule has 0 aliphatic heterocycles. The third kappa shape index (κ3) is 5.63. The van der Waals surface area contributed by atoms with Crippen LogP contribution in [0, 0.1) is 0 Å². The van der Waals surface area contributed by atoms with Crippen LogP contribution in [0.3, 0.4) is 0 Å². The Morgan fingerprint density at radius 2 is 1.88 bits per heavy atom. The molecule has 0 radical (unpaired) electrons. The van der Waals surface area contributed by atoms with Crippen LogP contribution in [-0.2, 0) is 11.3 Å². The summed E-state index contributed by atoms with van der Waals surface area (Å²) in [6.07, 6.45) is -5.43. The highest BCUT2D eigenvalue weighted by atomic mass is 79.9. The van der Waals surface area contributed by atoms with E-state index in [-0.39, 0.29) is 18.7 Å². The maximum absolute atomic E-state index is 12.5. The minimum Gasteiger partial charge on any atom is -0.475 e. The van der Waals surface area contributed by atoms with Crippen LogP contribution in [0.2, 0.25) is 0 Å². The zero-order valence-corrected chi connectivity index (χ0v) is 13.7. The van der Waals surface area contributed by atoms with Gasteiger partial charge in [-0.05, 0) is 28.1 Å². The molecule has 2 rings (SSSR count). The molecule has 138 valence electrons. The van der Waals surface area contributed by atoms with Crippen molar-refractivity contribution in [2.45, 2.75) is 12.7 Å². The van der Waals surface area contributed by atoms with E-state index < -0.39 is 23.9 Å². The number of hydrogen-bond acceptors (Lipinski definition) is 4. The lowest BCUT2D eigenvalue weighted by molar-refractivity contribution is -0.192. The Kier molecular flexibility index (Phi) is 6.81. The van der Waals surface area contributed by atoms with Gasteiger partial charge in [-0.25, -0.2) is 18.7 Å². The topological polar surface area (TPSA) is 103 Å². The summed E-state index contributed by atoms with van der Waals surface area (Å²) in [6.45, 7) is -0.622. The van der Waals surface area contributed by atoms with Crippen molar-refractivity contribution >= 4 is 27.5 Å². The fourth-order valence-electron chi connectivity index (χ4n) is 1.48. The lowest BCUT2D eigenvalue weighted by Gasteiger charge is -2.01. The number of carbonyl (C=O) groups is 1. The summed E-state index contributed by atoms with van der Waals surface area (Å²) < 4.78 is 59.6. The number of hydrogen-bond donors (Lipinski definition) is 2. The average Bonchev–Trinajstić information content (AvgIpc) is 2.80. The van der Waals surface area contributed by atoms with Gasteiger partial charge < -0.3 is 10.8 Å². The monoisotopic (exact) mass is 432 g/mol. The van der Waals surface area contributed by atoms with Gasteiger partial charge in [-0.3, -0.25) is 0 Å². The highest BCUT2D eigenvalue weighted by molar-refractivity contribution is 9.10. The van der Waals surface area contributed by atoms with Crippen LogP contribution >= 0.6 is 15.9 Å². The first-order valence-electron chi connectivity index (χ1n) is 6.25. The van der Waals surface area contributed by atoms with Gasteiger partial charge in [0.15, 0.2) is 5.65 Å². The van der Waals surface area contributed by atoms with Gasteiger partial charge in [0, 0.05) is 22.8 Å². The van der Waals surface area contributed by atoms with Crippen molar-refractivity contribution in [1.82, 2.24) is 14.2 Å². The Hall–Kier alpha value is -2.28. The standard InChI is InChI=1S/C10H9BrF2N4O.C2HF3O2/c11-7-1-2-8-15-17(10(18)16(8)5-7)4-6(3-14)9(12)13;3-2(4,5)1(6)7/h1-2,5H,3-4,14H2;(H,6,7). The first-order valence-corrected chi connectivity index (χ1v) is 7.04. The van der Waals surface area contributed by atoms with Gasteiger partial charge in [0.05, 0.1) is 6.54 Å². The van der Waals surface area contributed by atoms with E-state index in [1.807, 2.05) is 0 Å². The largest absolute Gasteiger partial charge is 0.490 e. The molecule has 2 aromatic rings. The lowest BCUT2D eigenvalue weighted by Crippen LogP contribution is -2.24. The predicted octanol–water partition coefficient (Wildman–Crippen LogP) is 2.00. The van der Waals surface area contributed by atoms with Crippen LogP contribution < -0.4 is 11.4 Å². The summed E-state index contributed by atoms with van der Waals surface area (Å²) in [7, 11) is 0. The van der Waals surface area contributed by atoms with Gasteiger partial charge >= 0.3 is 17.8 Å². The van der Waals surface area contributed by atoms with E-state index in [0.29, 0.717) is 10.1 Å². The first-order chi connectivity index (χ1) is 11.5. The molecule has 3 N–H and O–H groups in total. The molecule has 0 fully saturated rings. The van der Waals surface area contributed by atoms with Crippen molar-refractivity contribution < 1.29 is 31.9 Å². The highest BCUT2D eigenvalue weighted by Crippen LogP contribution is 2.13. The van der Waals surface area contributed by atoms with Gasteiger partial charge in [-0.15, -0.1) is 5.10 Å². The second-order valence-electron chi connectivity index (χ2n) is 4.39. The molecule has 0 unspecified atom stereocenters. The fraction of sp³-hybridized carbons (Fsp3) is 0.250. The van der Waals surface area contributed by atoms with Crippen molar-refractivity contribution in [3.8, 4) is 0 Å². The molecule has 7 nitrogen and oxygen atoms in total. The van der Waals surface area contributed by atoms with Crippen molar-refractivity contribution in [3.05, 3.63) is 44.9 Å². The summed E-state index contributed by atoms with van der Waals surface area (Å²) in [6, 6.07) is 3.32. The highest BCUT2D eigenvalue weighted by Gasteiger charge is 2.38. The zero-order valence-electron chi connectivity index (χ0n) is 12.1. The van der Waals surface area contributed by atoms with E-state index in [2.05, 4.69) is 21.0 Å². The molecule has 2 aromatic heterocycles. The van der Waals surface area contributed by atoms with Crippen LogP contribution in [0.25, 0.3) is 5.65 Å². The number of carboxylic acid groups (broad SMARTS) is 1. The number of aromatic nitrogens is 3. The molecule has 0 aliphatic carbocycles. The van der Waals surface area contributed by atoms with Crippen molar-refractivity contribution in [2.75, 3.05) is 6.54 Å². The van der Waals surface area contributed by atoms with E-state index in [0.717, 1.165) is 4.68 Å². The summed E-state index contributed by atoms with van der Waals surface area (Å²) >= 11 is 3.22.